The topological polar surface area (TPSA) is 81.5 Å². The van der Waals surface area contributed by atoms with Crippen molar-refractivity contribution >= 4 is 23.6 Å². The summed E-state index contributed by atoms with van der Waals surface area (Å²) in [6.45, 7) is 3.24. The number of aryl methyl sites for hydroxylation is 1. The molecular weight excluding hydrogens is 330 g/mol. The maximum atomic E-state index is 12.8. The lowest BCUT2D eigenvalue weighted by Crippen LogP contribution is -2.46. The summed E-state index contributed by atoms with van der Waals surface area (Å²) in [6, 6.07) is 0. The molecule has 0 N–H and O–H groups in total. The molecule has 1 aromatic heterocycles. The van der Waals surface area contributed by atoms with Crippen molar-refractivity contribution in [1.82, 2.24) is 14.5 Å². The molecule has 0 radical (unpaired) electrons. The number of methoxy groups -OCH3 is 1. The molecule has 3 heterocycles. The third-order valence-electron chi connectivity index (χ3n) is 4.69. The van der Waals surface area contributed by atoms with Gasteiger partial charge in [0, 0.05) is 37.1 Å². The normalized spacial score (nSPS) is 21.2. The fraction of sp³-hybridized carbons (Fsp3) is 0.625. The van der Waals surface area contributed by atoms with Gasteiger partial charge in [0.05, 0.1) is 18.9 Å². The SMILES string of the molecule is COC(=O)C1CCN(C(=O)C2CSc3ncc(C)c(=O)n3C2)CC1. The summed E-state index contributed by atoms with van der Waals surface area (Å²) in [4.78, 5) is 42.7. The van der Waals surface area contributed by atoms with Crippen molar-refractivity contribution in [2.45, 2.75) is 31.5 Å². The van der Waals surface area contributed by atoms with Crippen LogP contribution in [0.2, 0.25) is 0 Å². The van der Waals surface area contributed by atoms with E-state index < -0.39 is 0 Å². The van der Waals surface area contributed by atoms with E-state index in [9.17, 15) is 14.4 Å². The Kier molecular flexibility index (Phi) is 4.93. The fourth-order valence-corrected chi connectivity index (χ4v) is 4.25. The molecule has 1 amide bonds. The number of nitrogens with zero attached hydrogens (tertiary/aromatic N) is 3. The van der Waals surface area contributed by atoms with E-state index in [2.05, 4.69) is 4.98 Å². The van der Waals surface area contributed by atoms with Crippen LogP contribution in [0.25, 0.3) is 0 Å². The first kappa shape index (κ1) is 17.0. The van der Waals surface area contributed by atoms with E-state index in [1.807, 2.05) is 4.90 Å². The van der Waals surface area contributed by atoms with Crippen LogP contribution in [0.15, 0.2) is 16.1 Å². The number of carbonyl (C=O) groups is 2. The average Bonchev–Trinajstić information content (AvgIpc) is 2.63. The Morgan fingerprint density at radius 1 is 1.29 bits per heavy atom. The van der Waals surface area contributed by atoms with Crippen LogP contribution < -0.4 is 5.56 Å². The first-order valence-electron chi connectivity index (χ1n) is 8.07. The summed E-state index contributed by atoms with van der Waals surface area (Å²) in [6.07, 6.45) is 2.85. The summed E-state index contributed by atoms with van der Waals surface area (Å²) in [5.41, 5.74) is 0.515. The van der Waals surface area contributed by atoms with Gasteiger partial charge in [0.1, 0.15) is 0 Å². The highest BCUT2D eigenvalue weighted by Gasteiger charge is 2.33. The van der Waals surface area contributed by atoms with Gasteiger partial charge in [-0.1, -0.05) is 11.8 Å². The molecule has 2 aliphatic rings. The van der Waals surface area contributed by atoms with Crippen LogP contribution in [0.4, 0.5) is 0 Å². The van der Waals surface area contributed by atoms with Crippen molar-refractivity contribution < 1.29 is 14.3 Å². The van der Waals surface area contributed by atoms with E-state index in [1.54, 1.807) is 17.7 Å². The van der Waals surface area contributed by atoms with E-state index in [1.165, 1.54) is 18.9 Å². The Morgan fingerprint density at radius 2 is 2.00 bits per heavy atom. The van der Waals surface area contributed by atoms with Gasteiger partial charge in [0.25, 0.3) is 5.56 Å². The second-order valence-electron chi connectivity index (χ2n) is 6.27. The zero-order chi connectivity index (χ0) is 17.3. The van der Waals surface area contributed by atoms with Crippen molar-refractivity contribution in [3.63, 3.8) is 0 Å². The Bertz CT molecular complexity index is 710. The zero-order valence-electron chi connectivity index (χ0n) is 13.9. The number of aromatic nitrogens is 2. The predicted molar refractivity (Wildman–Crippen MR) is 88.8 cm³/mol. The molecule has 8 heteroatoms. The van der Waals surface area contributed by atoms with Crippen molar-refractivity contribution in [2.75, 3.05) is 26.0 Å². The Balaban J connectivity index is 1.66. The second-order valence-corrected chi connectivity index (χ2v) is 7.26. The minimum absolute atomic E-state index is 0.0601. The van der Waals surface area contributed by atoms with Crippen molar-refractivity contribution in [2.24, 2.45) is 11.8 Å². The smallest absolute Gasteiger partial charge is 0.308 e. The monoisotopic (exact) mass is 351 g/mol. The Hall–Kier alpha value is -1.83. The summed E-state index contributed by atoms with van der Waals surface area (Å²) >= 11 is 1.45. The molecule has 1 aromatic rings. The summed E-state index contributed by atoms with van der Waals surface area (Å²) in [7, 11) is 1.39. The number of rotatable bonds is 2. The van der Waals surface area contributed by atoms with Gasteiger partial charge < -0.3 is 9.64 Å². The van der Waals surface area contributed by atoms with Gasteiger partial charge in [0.2, 0.25) is 5.91 Å². The molecule has 0 saturated carbocycles. The largest absolute Gasteiger partial charge is 0.469 e. The number of fused-ring (bicyclic) bond motifs is 1. The van der Waals surface area contributed by atoms with Gasteiger partial charge in [0.15, 0.2) is 5.16 Å². The minimum atomic E-state index is -0.224. The molecule has 0 spiro atoms. The molecule has 3 rings (SSSR count). The second kappa shape index (κ2) is 6.96. The molecule has 7 nitrogen and oxygen atoms in total. The third-order valence-corrected chi connectivity index (χ3v) is 5.84. The van der Waals surface area contributed by atoms with Crippen molar-refractivity contribution in [3.05, 3.63) is 22.1 Å². The molecule has 0 bridgehead atoms. The summed E-state index contributed by atoms with van der Waals surface area (Å²) < 4.78 is 6.38. The lowest BCUT2D eigenvalue weighted by Gasteiger charge is -2.34. The van der Waals surface area contributed by atoms with Crippen LogP contribution >= 0.6 is 11.8 Å². The maximum absolute atomic E-state index is 12.8. The molecule has 24 heavy (non-hydrogen) atoms. The molecule has 1 atom stereocenters. The highest BCUT2D eigenvalue weighted by molar-refractivity contribution is 7.99. The highest BCUT2D eigenvalue weighted by atomic mass is 32.2. The van der Waals surface area contributed by atoms with Crippen molar-refractivity contribution in [1.29, 1.82) is 0 Å². The number of piperidine rings is 1. The van der Waals surface area contributed by atoms with Gasteiger partial charge >= 0.3 is 5.97 Å². The first-order valence-corrected chi connectivity index (χ1v) is 9.05. The lowest BCUT2D eigenvalue weighted by atomic mass is 9.96. The Morgan fingerprint density at radius 3 is 2.67 bits per heavy atom. The zero-order valence-corrected chi connectivity index (χ0v) is 14.7. The molecule has 0 aromatic carbocycles. The first-order chi connectivity index (χ1) is 11.5. The number of carbonyl (C=O) groups excluding carboxylic acids is 2. The maximum Gasteiger partial charge on any atom is 0.308 e. The molecular formula is C16H21N3O4S. The van der Waals surface area contributed by atoms with Crippen molar-refractivity contribution in [3.8, 4) is 0 Å². The van der Waals surface area contributed by atoms with Crippen LogP contribution in [-0.4, -0.2) is 52.3 Å². The molecule has 1 fully saturated rings. The number of thioether (sulfide) groups is 1. The van der Waals surface area contributed by atoms with Gasteiger partial charge in [-0.25, -0.2) is 4.98 Å². The minimum Gasteiger partial charge on any atom is -0.469 e. The summed E-state index contributed by atoms with van der Waals surface area (Å²) in [5.74, 6) is 0.154. The van der Waals surface area contributed by atoms with E-state index in [0.717, 1.165) is 0 Å². The fourth-order valence-electron chi connectivity index (χ4n) is 3.21. The molecule has 1 saturated heterocycles. The number of likely N-dealkylation sites (tertiary alicyclic amines) is 1. The number of hydrogen-bond donors (Lipinski definition) is 0. The van der Waals surface area contributed by atoms with E-state index in [-0.39, 0.29) is 29.3 Å². The van der Waals surface area contributed by atoms with Crippen LogP contribution in [0.1, 0.15) is 18.4 Å². The molecule has 2 aliphatic heterocycles. The van der Waals surface area contributed by atoms with Crippen LogP contribution in [-0.2, 0) is 20.9 Å². The quantitative estimate of drug-likeness (QED) is 0.576. The van der Waals surface area contributed by atoms with Crippen LogP contribution in [0, 0.1) is 18.8 Å². The van der Waals surface area contributed by atoms with Gasteiger partial charge in [-0.15, -0.1) is 0 Å². The lowest BCUT2D eigenvalue weighted by molar-refractivity contribution is -0.149. The van der Waals surface area contributed by atoms with Gasteiger partial charge in [-0.05, 0) is 19.8 Å². The molecule has 130 valence electrons. The summed E-state index contributed by atoms with van der Waals surface area (Å²) in [5, 5.41) is 0.680. The average molecular weight is 351 g/mol. The van der Waals surface area contributed by atoms with Crippen LogP contribution in [0.5, 0.6) is 0 Å². The highest BCUT2D eigenvalue weighted by Crippen LogP contribution is 2.27. The number of ether oxygens (including phenoxy) is 1. The molecule has 0 aliphatic carbocycles. The van der Waals surface area contributed by atoms with Crippen LogP contribution in [0.3, 0.4) is 0 Å². The van der Waals surface area contributed by atoms with E-state index in [4.69, 9.17) is 4.74 Å². The number of esters is 1. The predicted octanol–water partition coefficient (Wildman–Crippen LogP) is 0.685. The Labute approximate surface area is 144 Å². The number of amides is 1. The third kappa shape index (κ3) is 3.19. The van der Waals surface area contributed by atoms with Gasteiger partial charge in [-0.2, -0.15) is 0 Å². The standard InChI is InChI=1S/C16H21N3O4S/c1-10-7-17-16-19(13(10)20)8-12(9-24-16)14(21)18-5-3-11(4-6-18)15(22)23-2/h7,11-12H,3-6,8-9H2,1-2H3. The van der Waals surface area contributed by atoms with Gasteiger partial charge in [-0.3, -0.25) is 19.0 Å². The van der Waals surface area contributed by atoms with E-state index in [0.29, 0.717) is 48.9 Å². The molecule has 1 unspecified atom stereocenters. The van der Waals surface area contributed by atoms with E-state index >= 15 is 0 Å². The number of hydrogen-bond acceptors (Lipinski definition) is 6.